The molecule has 0 radical (unpaired) electrons. The van der Waals surface area contributed by atoms with Gasteiger partial charge in [0.2, 0.25) is 0 Å². The van der Waals surface area contributed by atoms with Crippen molar-refractivity contribution in [3.8, 4) is 0 Å². The minimum atomic E-state index is -0.777. The Morgan fingerprint density at radius 3 is 0.953 bits per heavy atom. The Bertz CT molecular complexity index is 1170. The van der Waals surface area contributed by atoms with Crippen molar-refractivity contribution in [1.82, 2.24) is 0 Å². The summed E-state index contributed by atoms with van der Waals surface area (Å²) in [6.45, 7) is 6.51. The molecule has 0 bridgehead atoms. The van der Waals surface area contributed by atoms with Gasteiger partial charge >= 0.3 is 17.9 Å². The second-order valence-electron chi connectivity index (χ2n) is 18.1. The van der Waals surface area contributed by atoms with Crippen molar-refractivity contribution in [2.45, 2.75) is 277 Å². The number of rotatable bonds is 49. The van der Waals surface area contributed by atoms with Crippen molar-refractivity contribution >= 4 is 17.9 Å². The molecule has 0 N–H and O–H groups in total. The standard InChI is InChI=1S/C58H102O6/c1-4-7-10-13-16-19-21-23-25-27-28-29-30-31-33-34-36-39-42-45-48-51-57(60)63-54-55(53-62-56(59)50-47-44-41-38-18-15-12-9-6-3)64-58(61)52-49-46-43-40-37-35-32-26-24-22-20-17-14-11-8-5-2/h7,10,16,19,23,25,28-29,31,33,55H,4-6,8-9,11-15,17-18,20-22,24,26-27,30,32,34-54H2,1-3H3/b10-7-,19-16-,25-23-,29-28-,33-31-. The predicted molar refractivity (Wildman–Crippen MR) is 275 cm³/mol. The largest absolute Gasteiger partial charge is 0.462 e. The zero-order valence-corrected chi connectivity index (χ0v) is 42.3. The van der Waals surface area contributed by atoms with E-state index in [1.54, 1.807) is 0 Å². The molecule has 1 atom stereocenters. The van der Waals surface area contributed by atoms with E-state index in [0.717, 1.165) is 109 Å². The summed E-state index contributed by atoms with van der Waals surface area (Å²) in [6.07, 6.45) is 65.0. The van der Waals surface area contributed by atoms with E-state index in [9.17, 15) is 14.4 Å². The molecule has 0 aliphatic carbocycles. The van der Waals surface area contributed by atoms with Gasteiger partial charge in [-0.25, -0.2) is 0 Å². The van der Waals surface area contributed by atoms with Crippen LogP contribution < -0.4 is 0 Å². The maximum absolute atomic E-state index is 12.8. The lowest BCUT2D eigenvalue weighted by Crippen LogP contribution is -2.30. The van der Waals surface area contributed by atoms with E-state index in [0.29, 0.717) is 19.3 Å². The summed E-state index contributed by atoms with van der Waals surface area (Å²) in [5.74, 6) is -0.890. The lowest BCUT2D eigenvalue weighted by Gasteiger charge is -2.18. The van der Waals surface area contributed by atoms with Crippen LogP contribution in [0.25, 0.3) is 0 Å². The van der Waals surface area contributed by atoms with Crippen molar-refractivity contribution in [3.05, 3.63) is 60.8 Å². The molecule has 0 aromatic carbocycles. The Morgan fingerprint density at radius 1 is 0.328 bits per heavy atom. The molecule has 0 heterocycles. The molecular formula is C58H102O6. The Kier molecular flexibility index (Phi) is 50.4. The van der Waals surface area contributed by atoms with E-state index in [-0.39, 0.29) is 31.1 Å². The van der Waals surface area contributed by atoms with Crippen molar-refractivity contribution in [1.29, 1.82) is 0 Å². The molecule has 0 aromatic heterocycles. The van der Waals surface area contributed by atoms with E-state index in [2.05, 4.69) is 81.5 Å². The van der Waals surface area contributed by atoms with E-state index >= 15 is 0 Å². The molecule has 0 amide bonds. The van der Waals surface area contributed by atoms with Crippen molar-refractivity contribution < 1.29 is 28.6 Å². The van der Waals surface area contributed by atoms with Gasteiger partial charge < -0.3 is 14.2 Å². The summed E-state index contributed by atoms with van der Waals surface area (Å²) in [4.78, 5) is 38.0. The maximum Gasteiger partial charge on any atom is 0.306 e. The number of carbonyl (C=O) groups excluding carboxylic acids is 3. The van der Waals surface area contributed by atoms with E-state index < -0.39 is 6.10 Å². The number of carbonyl (C=O) groups is 3. The number of unbranched alkanes of at least 4 members (excludes halogenated alkanes) is 28. The highest BCUT2D eigenvalue weighted by molar-refractivity contribution is 5.71. The molecule has 0 rings (SSSR count). The SMILES string of the molecule is CC/C=C\C/C=C\C/C=C\C/C=C\C/C=C\CCCCCCCC(=O)OCC(COC(=O)CCCCCCCCCCC)OC(=O)CCCCCCCCCCCCCCCCCC. The first-order valence-electron chi connectivity index (χ1n) is 27.3. The first-order valence-corrected chi connectivity index (χ1v) is 27.3. The second-order valence-corrected chi connectivity index (χ2v) is 18.1. The van der Waals surface area contributed by atoms with Crippen LogP contribution in [-0.4, -0.2) is 37.2 Å². The van der Waals surface area contributed by atoms with Crippen LogP contribution in [0.5, 0.6) is 0 Å². The van der Waals surface area contributed by atoms with Gasteiger partial charge in [0.1, 0.15) is 13.2 Å². The van der Waals surface area contributed by atoms with Gasteiger partial charge in [-0.3, -0.25) is 14.4 Å². The summed E-state index contributed by atoms with van der Waals surface area (Å²) in [5, 5.41) is 0. The number of ether oxygens (including phenoxy) is 3. The molecule has 0 spiro atoms. The van der Waals surface area contributed by atoms with Crippen LogP contribution in [0.1, 0.15) is 271 Å². The number of hydrogen-bond acceptors (Lipinski definition) is 6. The van der Waals surface area contributed by atoms with Crippen LogP contribution in [-0.2, 0) is 28.6 Å². The average molecular weight is 895 g/mol. The Balaban J connectivity index is 4.31. The number of allylic oxidation sites excluding steroid dienone is 10. The van der Waals surface area contributed by atoms with Gasteiger partial charge in [0.15, 0.2) is 6.10 Å². The highest BCUT2D eigenvalue weighted by Gasteiger charge is 2.19. The minimum Gasteiger partial charge on any atom is -0.462 e. The molecule has 0 saturated carbocycles. The topological polar surface area (TPSA) is 78.9 Å². The third-order valence-corrected chi connectivity index (χ3v) is 11.8. The van der Waals surface area contributed by atoms with Crippen LogP contribution >= 0.6 is 0 Å². The molecule has 1 unspecified atom stereocenters. The Labute approximate surface area is 396 Å². The summed E-state index contributed by atoms with van der Waals surface area (Å²) in [7, 11) is 0. The van der Waals surface area contributed by atoms with Gasteiger partial charge in [-0.2, -0.15) is 0 Å². The lowest BCUT2D eigenvalue weighted by atomic mass is 10.0. The van der Waals surface area contributed by atoms with Crippen LogP contribution in [0, 0.1) is 0 Å². The molecule has 0 aliphatic heterocycles. The normalized spacial score (nSPS) is 12.5. The molecule has 370 valence electrons. The number of hydrogen-bond donors (Lipinski definition) is 0. The summed E-state index contributed by atoms with van der Waals surface area (Å²) in [6, 6.07) is 0. The quantitative estimate of drug-likeness (QED) is 0.0262. The predicted octanol–water partition coefficient (Wildman–Crippen LogP) is 18.0. The van der Waals surface area contributed by atoms with Crippen LogP contribution in [0.2, 0.25) is 0 Å². The zero-order valence-electron chi connectivity index (χ0n) is 42.3. The maximum atomic E-state index is 12.8. The molecule has 0 fully saturated rings. The van der Waals surface area contributed by atoms with Gasteiger partial charge in [-0.05, 0) is 64.2 Å². The van der Waals surface area contributed by atoms with Gasteiger partial charge in [-0.1, -0.05) is 248 Å². The van der Waals surface area contributed by atoms with E-state index in [1.807, 2.05) is 0 Å². The third kappa shape index (κ3) is 50.1. The lowest BCUT2D eigenvalue weighted by molar-refractivity contribution is -0.167. The molecule has 0 aromatic rings. The smallest absolute Gasteiger partial charge is 0.306 e. The first kappa shape index (κ1) is 61.1. The summed E-state index contributed by atoms with van der Waals surface area (Å²) >= 11 is 0. The highest BCUT2D eigenvalue weighted by atomic mass is 16.6. The van der Waals surface area contributed by atoms with Gasteiger partial charge in [0.05, 0.1) is 0 Å². The van der Waals surface area contributed by atoms with Crippen molar-refractivity contribution in [3.63, 3.8) is 0 Å². The monoisotopic (exact) mass is 895 g/mol. The van der Waals surface area contributed by atoms with Crippen LogP contribution in [0.15, 0.2) is 60.8 Å². The number of esters is 3. The fraction of sp³-hybridized carbons (Fsp3) is 0.776. The van der Waals surface area contributed by atoms with Crippen molar-refractivity contribution in [2.24, 2.45) is 0 Å². The molecule has 0 saturated heterocycles. The van der Waals surface area contributed by atoms with Gasteiger partial charge in [0, 0.05) is 19.3 Å². The Morgan fingerprint density at radius 2 is 0.609 bits per heavy atom. The average Bonchev–Trinajstić information content (AvgIpc) is 3.29. The summed E-state index contributed by atoms with van der Waals surface area (Å²) < 4.78 is 16.8. The fourth-order valence-corrected chi connectivity index (χ4v) is 7.70. The highest BCUT2D eigenvalue weighted by Crippen LogP contribution is 2.16. The molecule has 64 heavy (non-hydrogen) atoms. The Hall–Kier alpha value is -2.89. The van der Waals surface area contributed by atoms with Crippen LogP contribution in [0.4, 0.5) is 0 Å². The molecule has 6 heteroatoms. The van der Waals surface area contributed by atoms with Crippen molar-refractivity contribution in [2.75, 3.05) is 13.2 Å². The molecule has 0 aliphatic rings. The fourth-order valence-electron chi connectivity index (χ4n) is 7.70. The van der Waals surface area contributed by atoms with E-state index in [1.165, 1.54) is 122 Å². The second kappa shape index (κ2) is 52.7. The van der Waals surface area contributed by atoms with Gasteiger partial charge in [0.25, 0.3) is 0 Å². The van der Waals surface area contributed by atoms with Gasteiger partial charge in [-0.15, -0.1) is 0 Å². The molecule has 6 nitrogen and oxygen atoms in total. The van der Waals surface area contributed by atoms with Crippen LogP contribution in [0.3, 0.4) is 0 Å². The summed E-state index contributed by atoms with van der Waals surface area (Å²) in [5.41, 5.74) is 0. The first-order chi connectivity index (χ1) is 31.5. The minimum absolute atomic E-state index is 0.0773. The third-order valence-electron chi connectivity index (χ3n) is 11.8. The van der Waals surface area contributed by atoms with E-state index in [4.69, 9.17) is 14.2 Å². The zero-order chi connectivity index (χ0) is 46.5. The molecular weight excluding hydrogens is 793 g/mol.